The van der Waals surface area contributed by atoms with Crippen molar-refractivity contribution in [3.05, 3.63) is 71.8 Å². The van der Waals surface area contributed by atoms with E-state index in [0.29, 0.717) is 19.5 Å². The summed E-state index contributed by atoms with van der Waals surface area (Å²) in [6.07, 6.45) is 4.87. The first kappa shape index (κ1) is 19.1. The standard InChI is InChI=1S/C23H27N5O/c1-24-23(25-15-17-7-6-8-19(13-17)28-11-4-5-12-28)26-16-18-14-22(29)27-21-10-3-2-9-20(18)21/h2-10,13,18H,11-12,14-16H2,1H3,(H,27,29)(H2,24,25,26). The molecule has 1 atom stereocenters. The number of hydrogen-bond acceptors (Lipinski definition) is 3. The second kappa shape index (κ2) is 8.82. The predicted molar refractivity (Wildman–Crippen MR) is 118 cm³/mol. The lowest BCUT2D eigenvalue weighted by Crippen LogP contribution is -2.40. The van der Waals surface area contributed by atoms with E-state index >= 15 is 0 Å². The molecule has 0 saturated carbocycles. The van der Waals surface area contributed by atoms with E-state index in [1.54, 1.807) is 7.05 Å². The van der Waals surface area contributed by atoms with Gasteiger partial charge in [0.15, 0.2) is 5.96 Å². The lowest BCUT2D eigenvalue weighted by Gasteiger charge is -2.26. The molecule has 2 heterocycles. The normalized spacial score (nSPS) is 18.4. The first-order chi connectivity index (χ1) is 14.2. The van der Waals surface area contributed by atoms with E-state index in [9.17, 15) is 4.79 Å². The molecule has 0 spiro atoms. The van der Waals surface area contributed by atoms with Crippen molar-refractivity contribution in [1.29, 1.82) is 0 Å². The zero-order chi connectivity index (χ0) is 20.1. The maximum absolute atomic E-state index is 12.0. The number of amides is 1. The fourth-order valence-electron chi connectivity index (χ4n) is 3.86. The molecule has 0 aromatic heterocycles. The number of rotatable bonds is 5. The van der Waals surface area contributed by atoms with E-state index in [0.717, 1.165) is 24.7 Å². The second-order valence-corrected chi connectivity index (χ2v) is 7.39. The molecule has 0 aliphatic carbocycles. The molecule has 2 aromatic carbocycles. The second-order valence-electron chi connectivity index (χ2n) is 7.39. The first-order valence-corrected chi connectivity index (χ1v) is 10.0. The van der Waals surface area contributed by atoms with Crippen LogP contribution in [0.4, 0.5) is 11.4 Å². The first-order valence-electron chi connectivity index (χ1n) is 10.0. The molecule has 0 bridgehead atoms. The summed E-state index contributed by atoms with van der Waals surface area (Å²) in [6.45, 7) is 3.28. The van der Waals surface area contributed by atoms with Gasteiger partial charge < -0.3 is 20.9 Å². The van der Waals surface area contributed by atoms with Crippen LogP contribution in [0.3, 0.4) is 0 Å². The molecule has 2 aliphatic rings. The zero-order valence-electron chi connectivity index (χ0n) is 16.7. The molecule has 1 amide bonds. The number of benzene rings is 2. The van der Waals surface area contributed by atoms with Crippen LogP contribution in [0.2, 0.25) is 0 Å². The molecule has 1 unspecified atom stereocenters. The number of anilines is 2. The van der Waals surface area contributed by atoms with Crippen LogP contribution in [0.1, 0.15) is 23.5 Å². The highest BCUT2D eigenvalue weighted by Crippen LogP contribution is 2.31. The average molecular weight is 390 g/mol. The van der Waals surface area contributed by atoms with Crippen molar-refractivity contribution >= 4 is 23.2 Å². The van der Waals surface area contributed by atoms with Crippen molar-refractivity contribution in [3.8, 4) is 0 Å². The maximum atomic E-state index is 12.0. The van der Waals surface area contributed by atoms with Crippen LogP contribution in [-0.2, 0) is 11.3 Å². The number of fused-ring (bicyclic) bond motifs is 1. The minimum absolute atomic E-state index is 0.0617. The van der Waals surface area contributed by atoms with E-state index in [1.165, 1.54) is 16.8 Å². The molecule has 3 N–H and O–H groups in total. The Balaban J connectivity index is 1.34. The van der Waals surface area contributed by atoms with Crippen molar-refractivity contribution in [2.24, 2.45) is 4.99 Å². The Kier molecular flexibility index (Phi) is 5.79. The van der Waals surface area contributed by atoms with Crippen molar-refractivity contribution in [2.45, 2.75) is 18.9 Å². The maximum Gasteiger partial charge on any atom is 0.225 e. The van der Waals surface area contributed by atoms with E-state index in [4.69, 9.17) is 0 Å². The fourth-order valence-corrected chi connectivity index (χ4v) is 3.86. The van der Waals surface area contributed by atoms with Gasteiger partial charge in [-0.3, -0.25) is 9.79 Å². The third-order valence-corrected chi connectivity index (χ3v) is 5.40. The van der Waals surface area contributed by atoms with Crippen LogP contribution in [0, 0.1) is 0 Å². The molecule has 2 aromatic rings. The lowest BCUT2D eigenvalue weighted by atomic mass is 9.90. The van der Waals surface area contributed by atoms with E-state index in [2.05, 4.69) is 68.3 Å². The Morgan fingerprint density at radius 2 is 1.97 bits per heavy atom. The summed E-state index contributed by atoms with van der Waals surface area (Å²) >= 11 is 0. The Bertz CT molecular complexity index is 928. The van der Waals surface area contributed by atoms with Gasteiger partial charge in [-0.25, -0.2) is 0 Å². The number of para-hydroxylation sites is 1. The van der Waals surface area contributed by atoms with Crippen LogP contribution in [-0.4, -0.2) is 38.5 Å². The summed E-state index contributed by atoms with van der Waals surface area (Å²) in [6, 6.07) is 16.6. The number of carbonyl (C=O) groups is 1. The number of hydrogen-bond donors (Lipinski definition) is 3. The number of aliphatic imine (C=N–C) groups is 1. The van der Waals surface area contributed by atoms with Gasteiger partial charge in [-0.1, -0.05) is 42.5 Å². The Labute approximate surface area is 171 Å². The molecule has 0 radical (unpaired) electrons. The number of nitrogens with one attached hydrogen (secondary N) is 3. The van der Waals surface area contributed by atoms with Crippen LogP contribution in [0.25, 0.3) is 0 Å². The van der Waals surface area contributed by atoms with E-state index in [1.807, 2.05) is 18.2 Å². The fraction of sp³-hybridized carbons (Fsp3) is 0.304. The molecule has 0 saturated heterocycles. The molecular formula is C23H27N5O. The summed E-state index contributed by atoms with van der Waals surface area (Å²) < 4.78 is 0. The summed E-state index contributed by atoms with van der Waals surface area (Å²) in [5.74, 6) is 0.929. The van der Waals surface area contributed by atoms with Crippen LogP contribution in [0.5, 0.6) is 0 Å². The molecular weight excluding hydrogens is 362 g/mol. The molecule has 0 fully saturated rings. The zero-order valence-corrected chi connectivity index (χ0v) is 16.7. The molecule has 6 nitrogen and oxygen atoms in total. The predicted octanol–water partition coefficient (Wildman–Crippen LogP) is 2.85. The summed E-state index contributed by atoms with van der Waals surface area (Å²) in [7, 11) is 1.77. The quantitative estimate of drug-likeness (QED) is 0.418. The molecule has 4 rings (SSSR count). The Morgan fingerprint density at radius 3 is 2.79 bits per heavy atom. The minimum Gasteiger partial charge on any atom is -0.364 e. The summed E-state index contributed by atoms with van der Waals surface area (Å²) in [4.78, 5) is 18.7. The van der Waals surface area contributed by atoms with Crippen molar-refractivity contribution in [2.75, 3.05) is 36.9 Å². The average Bonchev–Trinajstić information content (AvgIpc) is 3.29. The largest absolute Gasteiger partial charge is 0.364 e. The van der Waals surface area contributed by atoms with Gasteiger partial charge in [0.2, 0.25) is 5.91 Å². The monoisotopic (exact) mass is 389 g/mol. The number of guanidine groups is 1. The van der Waals surface area contributed by atoms with Crippen molar-refractivity contribution in [3.63, 3.8) is 0 Å². The van der Waals surface area contributed by atoms with Gasteiger partial charge in [0.05, 0.1) is 0 Å². The van der Waals surface area contributed by atoms with Crippen molar-refractivity contribution < 1.29 is 4.79 Å². The third-order valence-electron chi connectivity index (χ3n) is 5.40. The minimum atomic E-state index is 0.0617. The Hall–Kier alpha value is -3.28. The number of nitrogens with zero attached hydrogens (tertiary/aromatic N) is 2. The van der Waals surface area contributed by atoms with E-state index < -0.39 is 0 Å². The highest BCUT2D eigenvalue weighted by atomic mass is 16.1. The highest BCUT2D eigenvalue weighted by Gasteiger charge is 2.24. The van der Waals surface area contributed by atoms with Crippen LogP contribution < -0.4 is 20.9 Å². The van der Waals surface area contributed by atoms with Crippen LogP contribution in [0.15, 0.2) is 65.7 Å². The summed E-state index contributed by atoms with van der Waals surface area (Å²) in [5.41, 5.74) is 4.52. The summed E-state index contributed by atoms with van der Waals surface area (Å²) in [5, 5.41) is 9.71. The molecule has 6 heteroatoms. The van der Waals surface area contributed by atoms with Gasteiger partial charge in [-0.2, -0.15) is 0 Å². The van der Waals surface area contributed by atoms with Crippen molar-refractivity contribution in [1.82, 2.24) is 10.6 Å². The smallest absolute Gasteiger partial charge is 0.225 e. The molecule has 2 aliphatic heterocycles. The third kappa shape index (κ3) is 4.59. The Morgan fingerprint density at radius 1 is 1.14 bits per heavy atom. The van der Waals surface area contributed by atoms with Gasteiger partial charge in [-0.05, 0) is 29.3 Å². The molecule has 29 heavy (non-hydrogen) atoms. The van der Waals surface area contributed by atoms with E-state index in [-0.39, 0.29) is 11.8 Å². The SMILES string of the molecule is CN=C(NCc1cccc(N2CC=CC2)c1)NCC1CC(=O)Nc2ccccc21. The van der Waals surface area contributed by atoms with Crippen LogP contribution >= 0.6 is 0 Å². The van der Waals surface area contributed by atoms with Gasteiger partial charge in [0.25, 0.3) is 0 Å². The topological polar surface area (TPSA) is 68.8 Å². The van der Waals surface area contributed by atoms with Gasteiger partial charge in [0, 0.05) is 56.9 Å². The molecule has 150 valence electrons. The van der Waals surface area contributed by atoms with Gasteiger partial charge in [-0.15, -0.1) is 0 Å². The van der Waals surface area contributed by atoms with Gasteiger partial charge >= 0.3 is 0 Å². The highest BCUT2D eigenvalue weighted by molar-refractivity contribution is 5.94. The number of carbonyl (C=O) groups excluding carboxylic acids is 1. The lowest BCUT2D eigenvalue weighted by molar-refractivity contribution is -0.116. The van der Waals surface area contributed by atoms with Gasteiger partial charge in [0.1, 0.15) is 0 Å².